The first-order valence-corrected chi connectivity index (χ1v) is 8.60. The molecular weight excluding hydrogens is 380 g/mol. The predicted octanol–water partition coefficient (Wildman–Crippen LogP) is 4.22. The van der Waals surface area contributed by atoms with E-state index in [0.29, 0.717) is 12.4 Å². The SMILES string of the molecule is Cc1cc(Nc2ccc(C(=O)NCc3ccccc3)nn2)ccc1Br. The molecule has 3 rings (SSSR count). The summed E-state index contributed by atoms with van der Waals surface area (Å²) in [7, 11) is 0. The van der Waals surface area contributed by atoms with Gasteiger partial charge in [-0.3, -0.25) is 4.79 Å². The van der Waals surface area contributed by atoms with Gasteiger partial charge in [-0.05, 0) is 48.4 Å². The van der Waals surface area contributed by atoms with Crippen molar-refractivity contribution in [3.8, 4) is 0 Å². The van der Waals surface area contributed by atoms with Crippen LogP contribution < -0.4 is 10.6 Å². The Morgan fingerprint density at radius 2 is 1.84 bits per heavy atom. The molecule has 1 amide bonds. The fraction of sp³-hybridized carbons (Fsp3) is 0.105. The third-order valence-electron chi connectivity index (χ3n) is 3.62. The van der Waals surface area contributed by atoms with Gasteiger partial charge in [-0.25, -0.2) is 0 Å². The second-order valence-corrected chi connectivity index (χ2v) is 6.42. The summed E-state index contributed by atoms with van der Waals surface area (Å²) in [5.41, 5.74) is 3.35. The summed E-state index contributed by atoms with van der Waals surface area (Å²) in [4.78, 5) is 12.1. The third-order valence-corrected chi connectivity index (χ3v) is 4.51. The molecule has 1 heterocycles. The van der Waals surface area contributed by atoms with E-state index in [9.17, 15) is 4.79 Å². The second kappa shape index (κ2) is 7.90. The van der Waals surface area contributed by atoms with Gasteiger partial charge in [-0.15, -0.1) is 10.2 Å². The average Bonchev–Trinajstić information content (AvgIpc) is 2.64. The highest BCUT2D eigenvalue weighted by molar-refractivity contribution is 9.10. The summed E-state index contributed by atoms with van der Waals surface area (Å²) in [6, 6.07) is 19.0. The van der Waals surface area contributed by atoms with E-state index >= 15 is 0 Å². The van der Waals surface area contributed by atoms with Crippen molar-refractivity contribution in [2.24, 2.45) is 0 Å². The minimum Gasteiger partial charge on any atom is -0.347 e. The lowest BCUT2D eigenvalue weighted by Crippen LogP contribution is -2.24. The number of amides is 1. The Hall–Kier alpha value is -2.73. The quantitative estimate of drug-likeness (QED) is 0.677. The van der Waals surface area contributed by atoms with Crippen molar-refractivity contribution in [1.82, 2.24) is 15.5 Å². The fourth-order valence-electron chi connectivity index (χ4n) is 2.26. The molecular formula is C19H17BrN4O. The van der Waals surface area contributed by atoms with Crippen LogP contribution in [0.3, 0.4) is 0 Å². The number of halogens is 1. The topological polar surface area (TPSA) is 66.9 Å². The van der Waals surface area contributed by atoms with E-state index in [2.05, 4.69) is 36.8 Å². The molecule has 0 aliphatic carbocycles. The molecule has 0 spiro atoms. The summed E-state index contributed by atoms with van der Waals surface area (Å²) in [5.74, 6) is 0.337. The molecule has 0 radical (unpaired) electrons. The highest BCUT2D eigenvalue weighted by atomic mass is 79.9. The van der Waals surface area contributed by atoms with E-state index in [-0.39, 0.29) is 11.6 Å². The maximum atomic E-state index is 12.1. The van der Waals surface area contributed by atoms with Crippen LogP contribution in [-0.2, 0) is 6.54 Å². The van der Waals surface area contributed by atoms with Gasteiger partial charge < -0.3 is 10.6 Å². The van der Waals surface area contributed by atoms with Crippen LogP contribution in [-0.4, -0.2) is 16.1 Å². The molecule has 5 nitrogen and oxygen atoms in total. The fourth-order valence-corrected chi connectivity index (χ4v) is 2.51. The minimum atomic E-state index is -0.248. The Morgan fingerprint density at radius 1 is 1.04 bits per heavy atom. The third kappa shape index (κ3) is 4.64. The van der Waals surface area contributed by atoms with Crippen LogP contribution in [0, 0.1) is 6.92 Å². The number of aryl methyl sites for hydroxylation is 1. The normalized spacial score (nSPS) is 10.3. The van der Waals surface area contributed by atoms with Crippen molar-refractivity contribution in [2.45, 2.75) is 13.5 Å². The van der Waals surface area contributed by atoms with Crippen LogP contribution in [0.25, 0.3) is 0 Å². The van der Waals surface area contributed by atoms with E-state index in [0.717, 1.165) is 21.3 Å². The van der Waals surface area contributed by atoms with Gasteiger partial charge in [0, 0.05) is 16.7 Å². The Balaban J connectivity index is 1.61. The van der Waals surface area contributed by atoms with Crippen LogP contribution in [0.1, 0.15) is 21.6 Å². The number of nitrogens with zero attached hydrogens (tertiary/aromatic N) is 2. The number of aromatic nitrogens is 2. The monoisotopic (exact) mass is 396 g/mol. The highest BCUT2D eigenvalue weighted by Gasteiger charge is 2.08. The summed E-state index contributed by atoms with van der Waals surface area (Å²) in [6.45, 7) is 2.47. The average molecular weight is 397 g/mol. The van der Waals surface area contributed by atoms with Gasteiger partial charge in [-0.1, -0.05) is 46.3 Å². The number of carbonyl (C=O) groups excluding carboxylic acids is 1. The predicted molar refractivity (Wildman–Crippen MR) is 102 cm³/mol. The molecule has 0 atom stereocenters. The Labute approximate surface area is 154 Å². The minimum absolute atomic E-state index is 0.248. The van der Waals surface area contributed by atoms with E-state index < -0.39 is 0 Å². The lowest BCUT2D eigenvalue weighted by molar-refractivity contribution is 0.0945. The smallest absolute Gasteiger partial charge is 0.272 e. The van der Waals surface area contributed by atoms with Gasteiger partial charge in [0.05, 0.1) is 0 Å². The van der Waals surface area contributed by atoms with Crippen LogP contribution in [0.4, 0.5) is 11.5 Å². The first-order valence-electron chi connectivity index (χ1n) is 7.81. The molecule has 0 saturated heterocycles. The zero-order chi connectivity index (χ0) is 17.6. The molecule has 0 fully saturated rings. The number of nitrogens with one attached hydrogen (secondary N) is 2. The van der Waals surface area contributed by atoms with Crippen molar-refractivity contribution in [1.29, 1.82) is 0 Å². The number of benzene rings is 2. The lowest BCUT2D eigenvalue weighted by Gasteiger charge is -2.08. The Kier molecular flexibility index (Phi) is 5.40. The van der Waals surface area contributed by atoms with Gasteiger partial charge in [0.15, 0.2) is 11.5 Å². The molecule has 2 aromatic carbocycles. The molecule has 0 bridgehead atoms. The van der Waals surface area contributed by atoms with Crippen LogP contribution in [0.2, 0.25) is 0 Å². The van der Waals surface area contributed by atoms with Gasteiger partial charge in [0.1, 0.15) is 0 Å². The van der Waals surface area contributed by atoms with Gasteiger partial charge in [0.2, 0.25) is 0 Å². The molecule has 0 aliphatic heterocycles. The Morgan fingerprint density at radius 3 is 2.52 bits per heavy atom. The van der Waals surface area contributed by atoms with Crippen molar-refractivity contribution in [3.63, 3.8) is 0 Å². The zero-order valence-electron chi connectivity index (χ0n) is 13.7. The molecule has 2 N–H and O–H groups in total. The van der Waals surface area contributed by atoms with Crippen molar-refractivity contribution in [2.75, 3.05) is 5.32 Å². The van der Waals surface area contributed by atoms with Crippen molar-refractivity contribution >= 4 is 33.3 Å². The zero-order valence-corrected chi connectivity index (χ0v) is 15.2. The molecule has 3 aromatic rings. The standard InChI is InChI=1S/C19H17BrN4O/c1-13-11-15(7-8-16(13)20)22-18-10-9-17(23-24-18)19(25)21-12-14-5-3-2-4-6-14/h2-11H,12H2,1H3,(H,21,25)(H,22,24). The number of carbonyl (C=O) groups is 1. The number of anilines is 2. The maximum Gasteiger partial charge on any atom is 0.272 e. The number of hydrogen-bond donors (Lipinski definition) is 2. The number of hydrogen-bond acceptors (Lipinski definition) is 4. The molecule has 126 valence electrons. The molecule has 0 saturated carbocycles. The lowest BCUT2D eigenvalue weighted by atomic mass is 10.2. The van der Waals surface area contributed by atoms with Crippen LogP contribution in [0.15, 0.2) is 65.1 Å². The molecule has 0 unspecified atom stereocenters. The van der Waals surface area contributed by atoms with Crippen LogP contribution in [0.5, 0.6) is 0 Å². The summed E-state index contributed by atoms with van der Waals surface area (Å²) in [6.07, 6.45) is 0. The first-order chi connectivity index (χ1) is 12.1. The summed E-state index contributed by atoms with van der Waals surface area (Å²) >= 11 is 3.47. The van der Waals surface area contributed by atoms with Crippen molar-refractivity contribution in [3.05, 3.63) is 82.0 Å². The van der Waals surface area contributed by atoms with E-state index in [1.54, 1.807) is 12.1 Å². The maximum absolute atomic E-state index is 12.1. The van der Waals surface area contributed by atoms with Crippen molar-refractivity contribution < 1.29 is 4.79 Å². The summed E-state index contributed by atoms with van der Waals surface area (Å²) < 4.78 is 1.05. The van der Waals surface area contributed by atoms with Gasteiger partial charge in [0.25, 0.3) is 5.91 Å². The van der Waals surface area contributed by atoms with E-state index in [1.807, 2.05) is 55.5 Å². The number of rotatable bonds is 5. The largest absolute Gasteiger partial charge is 0.347 e. The van der Waals surface area contributed by atoms with E-state index in [4.69, 9.17) is 0 Å². The first kappa shape index (κ1) is 17.1. The van der Waals surface area contributed by atoms with Gasteiger partial charge >= 0.3 is 0 Å². The molecule has 0 aliphatic rings. The Bertz CT molecular complexity index is 866. The second-order valence-electron chi connectivity index (χ2n) is 5.56. The van der Waals surface area contributed by atoms with Crippen LogP contribution >= 0.6 is 15.9 Å². The molecule has 25 heavy (non-hydrogen) atoms. The highest BCUT2D eigenvalue weighted by Crippen LogP contribution is 2.22. The van der Waals surface area contributed by atoms with E-state index in [1.165, 1.54) is 0 Å². The summed E-state index contributed by atoms with van der Waals surface area (Å²) in [5, 5.41) is 14.1. The van der Waals surface area contributed by atoms with Gasteiger partial charge in [-0.2, -0.15) is 0 Å². The molecule has 1 aromatic heterocycles. The molecule has 6 heteroatoms.